The van der Waals surface area contributed by atoms with E-state index in [-0.39, 0.29) is 10.5 Å². The molecule has 0 spiro atoms. The minimum absolute atomic E-state index is 0.314. The lowest BCUT2D eigenvalue weighted by molar-refractivity contribution is -0.132. The molecule has 1 aliphatic rings. The van der Waals surface area contributed by atoms with Crippen molar-refractivity contribution in [3.05, 3.63) is 34.7 Å². The number of benzene rings is 1. The molecule has 1 heterocycles. The fraction of sp³-hybridized carbons (Fsp3) is 0.167. The fourth-order valence-electron chi connectivity index (χ4n) is 1.60. The van der Waals surface area contributed by atoms with Crippen LogP contribution in [0.25, 0.3) is 0 Å². The second kappa shape index (κ2) is 5.33. The molecule has 1 aromatic carbocycles. The molecular weight excluding hydrogens is 286 g/mol. The van der Waals surface area contributed by atoms with E-state index in [1.54, 1.807) is 24.3 Å². The van der Waals surface area contributed by atoms with Crippen LogP contribution in [-0.4, -0.2) is 39.4 Å². The van der Waals surface area contributed by atoms with Gasteiger partial charge in [0.2, 0.25) is 0 Å². The van der Waals surface area contributed by atoms with Crippen molar-refractivity contribution >= 4 is 22.2 Å². The third-order valence-corrected chi connectivity index (χ3v) is 3.93. The van der Waals surface area contributed by atoms with E-state index in [9.17, 15) is 13.2 Å². The highest BCUT2D eigenvalue weighted by atomic mass is 32.2. The lowest BCUT2D eigenvalue weighted by atomic mass is 10.3. The van der Waals surface area contributed by atoms with Gasteiger partial charge in [0, 0.05) is 0 Å². The van der Waals surface area contributed by atoms with Gasteiger partial charge in [-0.1, -0.05) is 12.1 Å². The molecule has 0 aliphatic carbocycles. The first kappa shape index (κ1) is 14.1. The number of hydrogen-bond donors (Lipinski definition) is 1. The van der Waals surface area contributed by atoms with Crippen LogP contribution in [0.4, 0.5) is 0 Å². The molecule has 0 fully saturated rings. The molecule has 20 heavy (non-hydrogen) atoms. The molecule has 0 radical (unpaired) electrons. The largest absolute Gasteiger partial charge is 0.493 e. The Bertz CT molecular complexity index is 704. The topological polar surface area (TPSA) is 102 Å². The Hall–Kier alpha value is -2.35. The zero-order chi connectivity index (χ0) is 14.8. The number of para-hydroxylation sites is 2. The van der Waals surface area contributed by atoms with E-state index in [0.29, 0.717) is 11.5 Å². The van der Waals surface area contributed by atoms with Crippen molar-refractivity contribution in [2.45, 2.75) is 0 Å². The molecule has 0 bridgehead atoms. The van der Waals surface area contributed by atoms with Gasteiger partial charge in [0.05, 0.1) is 18.9 Å². The summed E-state index contributed by atoms with van der Waals surface area (Å²) >= 11 is 0. The Morgan fingerprint density at radius 2 is 1.95 bits per heavy atom. The number of ether oxygens (including phenoxy) is 2. The maximum absolute atomic E-state index is 11.6. The first-order valence-electron chi connectivity index (χ1n) is 5.48. The van der Waals surface area contributed by atoms with Crippen LogP contribution >= 0.6 is 0 Å². The van der Waals surface area contributed by atoms with Crippen molar-refractivity contribution in [3.8, 4) is 11.5 Å². The summed E-state index contributed by atoms with van der Waals surface area (Å²) < 4.78 is 36.8. The van der Waals surface area contributed by atoms with Gasteiger partial charge < -0.3 is 14.6 Å². The predicted molar refractivity (Wildman–Crippen MR) is 70.6 cm³/mol. The number of aliphatic carboxylic acids is 1. The molecule has 0 saturated carbocycles. The number of carbonyl (C=O) groups is 1. The Morgan fingerprint density at radius 3 is 2.55 bits per heavy atom. The van der Waals surface area contributed by atoms with Gasteiger partial charge in [0.15, 0.2) is 11.5 Å². The van der Waals surface area contributed by atoms with Gasteiger partial charge in [-0.05, 0) is 12.1 Å². The maximum Gasteiger partial charge on any atom is 0.338 e. The Kier molecular flexibility index (Phi) is 3.75. The summed E-state index contributed by atoms with van der Waals surface area (Å²) in [6, 6.07) is 6.64. The van der Waals surface area contributed by atoms with Crippen LogP contribution in [-0.2, 0) is 14.8 Å². The number of sulfonamides is 1. The summed E-state index contributed by atoms with van der Waals surface area (Å²) in [6.07, 6.45) is 0.804. The van der Waals surface area contributed by atoms with Crippen LogP contribution in [0.15, 0.2) is 39.1 Å². The summed E-state index contributed by atoms with van der Waals surface area (Å²) in [6.45, 7) is -0.426. The Labute approximate surface area is 115 Å². The minimum Gasteiger partial charge on any atom is -0.493 e. The fourth-order valence-corrected chi connectivity index (χ4v) is 2.60. The molecule has 7 nitrogen and oxygen atoms in total. The smallest absolute Gasteiger partial charge is 0.338 e. The molecule has 1 aliphatic heterocycles. The van der Waals surface area contributed by atoms with E-state index in [1.165, 1.54) is 7.11 Å². The van der Waals surface area contributed by atoms with Gasteiger partial charge in [-0.2, -0.15) is 12.8 Å². The van der Waals surface area contributed by atoms with E-state index < -0.39 is 22.6 Å². The number of carboxylic acid groups (broad SMARTS) is 1. The number of nitrogens with zero attached hydrogens (tertiary/aromatic N) is 1. The second-order valence-corrected chi connectivity index (χ2v) is 5.44. The molecule has 0 aromatic heterocycles. The summed E-state index contributed by atoms with van der Waals surface area (Å²) in [7, 11) is -2.52. The van der Waals surface area contributed by atoms with E-state index in [4.69, 9.17) is 14.6 Å². The molecule has 0 amide bonds. The molecule has 106 valence electrons. The Morgan fingerprint density at radius 1 is 1.30 bits per heavy atom. The average molecular weight is 297 g/mol. The van der Waals surface area contributed by atoms with E-state index in [1.807, 2.05) is 0 Å². The monoisotopic (exact) mass is 297 g/mol. The normalized spacial score (nSPS) is 16.2. The molecule has 2 rings (SSSR count). The summed E-state index contributed by atoms with van der Waals surface area (Å²) in [5.41, 5.74) is -0.389. The van der Waals surface area contributed by atoms with Crippen molar-refractivity contribution in [1.82, 2.24) is 0 Å². The van der Waals surface area contributed by atoms with Gasteiger partial charge in [-0.3, -0.25) is 0 Å². The molecular formula is C12H11NO6S. The third-order valence-electron chi connectivity index (χ3n) is 2.59. The molecule has 1 aromatic rings. The SMILES string of the molecule is COc1ccccc1OCC1=C(C(=O)O)C=NS1(=O)=O. The first-order chi connectivity index (χ1) is 9.45. The zero-order valence-corrected chi connectivity index (χ0v) is 11.3. The van der Waals surface area contributed by atoms with Gasteiger partial charge in [0.25, 0.3) is 10.0 Å². The van der Waals surface area contributed by atoms with E-state index in [2.05, 4.69) is 4.40 Å². The quantitative estimate of drug-likeness (QED) is 0.863. The lowest BCUT2D eigenvalue weighted by Crippen LogP contribution is -2.13. The van der Waals surface area contributed by atoms with Crippen molar-refractivity contribution < 1.29 is 27.8 Å². The molecule has 0 atom stereocenters. The molecule has 1 N–H and O–H groups in total. The number of methoxy groups -OCH3 is 1. The number of rotatable bonds is 5. The average Bonchev–Trinajstić information content (AvgIpc) is 2.72. The van der Waals surface area contributed by atoms with Crippen LogP contribution in [0.2, 0.25) is 0 Å². The summed E-state index contributed by atoms with van der Waals surface area (Å²) in [5.74, 6) is -0.635. The van der Waals surface area contributed by atoms with Crippen molar-refractivity contribution in [3.63, 3.8) is 0 Å². The maximum atomic E-state index is 11.6. The Balaban J connectivity index is 2.26. The summed E-state index contributed by atoms with van der Waals surface area (Å²) in [5, 5.41) is 8.92. The van der Waals surface area contributed by atoms with Crippen molar-refractivity contribution in [2.75, 3.05) is 13.7 Å². The lowest BCUT2D eigenvalue weighted by Gasteiger charge is -2.10. The molecule has 0 saturated heterocycles. The van der Waals surface area contributed by atoms with Crippen LogP contribution in [0, 0.1) is 0 Å². The molecule has 0 unspecified atom stereocenters. The summed E-state index contributed by atoms with van der Waals surface area (Å²) in [4.78, 5) is 10.6. The first-order valence-corrected chi connectivity index (χ1v) is 6.92. The van der Waals surface area contributed by atoms with Crippen LogP contribution < -0.4 is 9.47 Å². The minimum atomic E-state index is -3.97. The van der Waals surface area contributed by atoms with Gasteiger partial charge in [-0.15, -0.1) is 0 Å². The number of hydrogen-bond acceptors (Lipinski definition) is 5. The third kappa shape index (κ3) is 2.64. The highest BCUT2D eigenvalue weighted by molar-refractivity contribution is 7.94. The van der Waals surface area contributed by atoms with Crippen molar-refractivity contribution in [2.24, 2.45) is 4.40 Å². The second-order valence-electron chi connectivity index (χ2n) is 3.79. The highest BCUT2D eigenvalue weighted by Gasteiger charge is 2.30. The highest BCUT2D eigenvalue weighted by Crippen LogP contribution is 2.28. The zero-order valence-electron chi connectivity index (χ0n) is 10.4. The standard InChI is InChI=1S/C12H11NO6S/c1-18-9-4-2-3-5-10(9)19-7-11-8(12(14)15)6-13-20(11,16)17/h2-6H,7H2,1H3,(H,14,15). The van der Waals surface area contributed by atoms with Crippen LogP contribution in [0.5, 0.6) is 11.5 Å². The predicted octanol–water partition coefficient (Wildman–Crippen LogP) is 0.827. The van der Waals surface area contributed by atoms with Gasteiger partial charge in [0.1, 0.15) is 11.5 Å². The van der Waals surface area contributed by atoms with Crippen LogP contribution in [0.3, 0.4) is 0 Å². The van der Waals surface area contributed by atoms with E-state index in [0.717, 1.165) is 6.21 Å². The number of carboxylic acids is 1. The van der Waals surface area contributed by atoms with Gasteiger partial charge >= 0.3 is 5.97 Å². The van der Waals surface area contributed by atoms with Crippen LogP contribution in [0.1, 0.15) is 0 Å². The van der Waals surface area contributed by atoms with Gasteiger partial charge in [-0.25, -0.2) is 4.79 Å². The molecule has 8 heteroatoms. The van der Waals surface area contributed by atoms with E-state index >= 15 is 0 Å². The van der Waals surface area contributed by atoms with Crippen molar-refractivity contribution in [1.29, 1.82) is 0 Å².